The smallest absolute Gasteiger partial charge is 0.191 e. The topological polar surface area (TPSA) is 66.5 Å². The van der Waals surface area contributed by atoms with E-state index >= 15 is 0 Å². The lowest BCUT2D eigenvalue weighted by molar-refractivity contribution is 0.303. The van der Waals surface area contributed by atoms with Gasteiger partial charge < -0.3 is 5.32 Å². The van der Waals surface area contributed by atoms with Gasteiger partial charge in [-0.2, -0.15) is 5.21 Å². The predicted molar refractivity (Wildman–Crippen MR) is 64.0 cm³/mol. The van der Waals surface area contributed by atoms with Gasteiger partial charge in [-0.25, -0.2) is 0 Å². The number of nitrogens with zero attached hydrogens (tertiary/aromatic N) is 3. The molecule has 0 amide bonds. The predicted octanol–water partition coefficient (Wildman–Crippen LogP) is 1.45. The van der Waals surface area contributed by atoms with Crippen LogP contribution in [0.5, 0.6) is 0 Å². The summed E-state index contributed by atoms with van der Waals surface area (Å²) in [6.45, 7) is 4.36. The Balaban J connectivity index is 1.60. The molecule has 5 nitrogen and oxygen atoms in total. The zero-order chi connectivity index (χ0) is 11.8. The van der Waals surface area contributed by atoms with E-state index in [-0.39, 0.29) is 6.04 Å². The normalized spacial score (nSPS) is 34.1. The first-order valence-electron chi connectivity index (χ1n) is 6.41. The average Bonchev–Trinajstić information content (AvgIpc) is 3.05. The number of nitrogens with one attached hydrogen (secondary N) is 2. The van der Waals surface area contributed by atoms with E-state index in [4.69, 9.17) is 0 Å². The van der Waals surface area contributed by atoms with Gasteiger partial charge in [0.25, 0.3) is 0 Å². The first-order valence-corrected chi connectivity index (χ1v) is 6.41. The van der Waals surface area contributed by atoms with Crippen molar-refractivity contribution in [2.75, 3.05) is 0 Å². The molecule has 5 atom stereocenters. The second-order valence-electron chi connectivity index (χ2n) is 5.39. The quantitative estimate of drug-likeness (QED) is 0.772. The number of aromatic nitrogens is 4. The van der Waals surface area contributed by atoms with Gasteiger partial charge in [-0.3, -0.25) is 0 Å². The minimum Gasteiger partial charge on any atom is -0.305 e. The van der Waals surface area contributed by atoms with Gasteiger partial charge in [-0.05, 0) is 44.4 Å². The van der Waals surface area contributed by atoms with Crippen molar-refractivity contribution in [1.29, 1.82) is 0 Å². The van der Waals surface area contributed by atoms with E-state index in [2.05, 4.69) is 51.9 Å². The first kappa shape index (κ1) is 10.9. The highest BCUT2D eigenvalue weighted by Gasteiger charge is 2.38. The lowest BCUT2D eigenvalue weighted by Gasteiger charge is -2.28. The molecule has 2 N–H and O–H groups in total. The molecule has 17 heavy (non-hydrogen) atoms. The minimum atomic E-state index is 0.159. The third kappa shape index (κ3) is 1.99. The Bertz CT molecular complexity index is 399. The Morgan fingerprint density at radius 2 is 2.24 bits per heavy atom. The van der Waals surface area contributed by atoms with Crippen LogP contribution in [0.15, 0.2) is 12.2 Å². The summed E-state index contributed by atoms with van der Waals surface area (Å²) in [6.07, 6.45) is 7.47. The SMILES string of the molecule is CC(NC(C)C1CC2C=CC1C2)c1nn[nH]n1. The van der Waals surface area contributed by atoms with Crippen molar-refractivity contribution in [3.63, 3.8) is 0 Å². The van der Waals surface area contributed by atoms with Crippen molar-refractivity contribution >= 4 is 0 Å². The van der Waals surface area contributed by atoms with Crippen molar-refractivity contribution in [2.24, 2.45) is 17.8 Å². The van der Waals surface area contributed by atoms with Crippen molar-refractivity contribution in [3.05, 3.63) is 18.0 Å². The van der Waals surface area contributed by atoms with Crippen LogP contribution in [-0.2, 0) is 0 Å². The maximum absolute atomic E-state index is 4.02. The zero-order valence-corrected chi connectivity index (χ0v) is 10.3. The molecule has 5 heteroatoms. The summed E-state index contributed by atoms with van der Waals surface area (Å²) in [5, 5.41) is 17.7. The number of hydrogen-bond donors (Lipinski definition) is 2. The highest BCUT2D eigenvalue weighted by atomic mass is 15.5. The molecule has 0 saturated heterocycles. The summed E-state index contributed by atoms with van der Waals surface area (Å²) in [5.41, 5.74) is 0. The van der Waals surface area contributed by atoms with Gasteiger partial charge in [0.2, 0.25) is 0 Å². The number of allylic oxidation sites excluding steroid dienone is 2. The number of hydrogen-bond acceptors (Lipinski definition) is 4. The lowest BCUT2D eigenvalue weighted by atomic mass is 9.87. The van der Waals surface area contributed by atoms with E-state index in [1.807, 2.05) is 0 Å². The average molecular weight is 233 g/mol. The zero-order valence-electron chi connectivity index (χ0n) is 10.3. The van der Waals surface area contributed by atoms with Crippen LogP contribution in [0.25, 0.3) is 0 Å². The minimum absolute atomic E-state index is 0.159. The van der Waals surface area contributed by atoms with Gasteiger partial charge in [-0.1, -0.05) is 17.4 Å². The molecule has 2 aliphatic carbocycles. The molecule has 1 aromatic heterocycles. The molecule has 0 spiro atoms. The molecule has 5 unspecified atom stereocenters. The summed E-state index contributed by atoms with van der Waals surface area (Å²) in [5.74, 6) is 3.12. The molecule has 1 fully saturated rings. The number of rotatable bonds is 4. The molecule has 2 aliphatic rings. The van der Waals surface area contributed by atoms with Gasteiger partial charge in [0.1, 0.15) is 0 Å². The summed E-state index contributed by atoms with van der Waals surface area (Å²) < 4.78 is 0. The van der Waals surface area contributed by atoms with Crippen LogP contribution in [0.2, 0.25) is 0 Å². The maximum Gasteiger partial charge on any atom is 0.191 e. The van der Waals surface area contributed by atoms with E-state index in [1.165, 1.54) is 12.8 Å². The monoisotopic (exact) mass is 233 g/mol. The van der Waals surface area contributed by atoms with Crippen molar-refractivity contribution < 1.29 is 0 Å². The molecule has 0 aliphatic heterocycles. The van der Waals surface area contributed by atoms with Crippen LogP contribution in [0.1, 0.15) is 38.6 Å². The van der Waals surface area contributed by atoms with Crippen LogP contribution >= 0.6 is 0 Å². The van der Waals surface area contributed by atoms with Crippen LogP contribution < -0.4 is 5.32 Å². The van der Waals surface area contributed by atoms with E-state index in [9.17, 15) is 0 Å². The largest absolute Gasteiger partial charge is 0.305 e. The van der Waals surface area contributed by atoms with E-state index < -0.39 is 0 Å². The van der Waals surface area contributed by atoms with Gasteiger partial charge in [-0.15, -0.1) is 10.2 Å². The van der Waals surface area contributed by atoms with Crippen molar-refractivity contribution in [2.45, 2.75) is 38.8 Å². The second kappa shape index (κ2) is 4.22. The van der Waals surface area contributed by atoms with Crippen LogP contribution in [0.4, 0.5) is 0 Å². The van der Waals surface area contributed by atoms with E-state index in [0.717, 1.165) is 23.6 Å². The second-order valence-corrected chi connectivity index (χ2v) is 5.39. The van der Waals surface area contributed by atoms with Crippen LogP contribution in [0.3, 0.4) is 0 Å². The highest BCUT2D eigenvalue weighted by molar-refractivity contribution is 5.11. The molecule has 1 heterocycles. The molecule has 2 bridgehead atoms. The summed E-state index contributed by atoms with van der Waals surface area (Å²) in [6, 6.07) is 0.662. The molecule has 3 rings (SSSR count). The van der Waals surface area contributed by atoms with Crippen LogP contribution in [0, 0.1) is 17.8 Å². The summed E-state index contributed by atoms with van der Waals surface area (Å²) in [4.78, 5) is 0. The first-order chi connectivity index (χ1) is 8.24. The van der Waals surface area contributed by atoms with Gasteiger partial charge >= 0.3 is 0 Å². The summed E-state index contributed by atoms with van der Waals surface area (Å²) in [7, 11) is 0. The molecule has 0 radical (unpaired) electrons. The van der Waals surface area contributed by atoms with Crippen molar-refractivity contribution in [3.8, 4) is 0 Å². The number of H-pyrrole nitrogens is 1. The Labute approximate surface area is 101 Å². The number of tetrazole rings is 1. The van der Waals surface area contributed by atoms with Crippen LogP contribution in [-0.4, -0.2) is 26.7 Å². The number of fused-ring (bicyclic) bond motifs is 2. The standard InChI is InChI=1S/C12H19N5/c1-7(11-6-9-3-4-10(11)5-9)13-8(2)12-14-16-17-15-12/h3-4,7-11,13H,5-6H2,1-2H3,(H,14,15,16,17). The molecule has 92 valence electrons. The third-order valence-corrected chi connectivity index (χ3v) is 4.23. The molecule has 1 aromatic rings. The Kier molecular flexibility index (Phi) is 2.70. The Morgan fingerprint density at radius 1 is 1.35 bits per heavy atom. The fraction of sp³-hybridized carbons (Fsp3) is 0.750. The Hall–Kier alpha value is -1.23. The molecule has 1 saturated carbocycles. The van der Waals surface area contributed by atoms with Crippen molar-refractivity contribution in [1.82, 2.24) is 25.9 Å². The fourth-order valence-corrected chi connectivity index (χ4v) is 3.34. The summed E-state index contributed by atoms with van der Waals surface area (Å²) >= 11 is 0. The van der Waals surface area contributed by atoms with E-state index in [1.54, 1.807) is 0 Å². The lowest BCUT2D eigenvalue weighted by Crippen LogP contribution is -2.37. The Morgan fingerprint density at radius 3 is 2.82 bits per heavy atom. The van der Waals surface area contributed by atoms with E-state index in [0.29, 0.717) is 6.04 Å². The van der Waals surface area contributed by atoms with Gasteiger partial charge in [0, 0.05) is 6.04 Å². The molecular formula is C12H19N5. The molecule has 0 aromatic carbocycles. The number of aromatic amines is 1. The molecular weight excluding hydrogens is 214 g/mol. The fourth-order valence-electron chi connectivity index (χ4n) is 3.34. The maximum atomic E-state index is 4.02. The third-order valence-electron chi connectivity index (χ3n) is 4.23. The highest BCUT2D eigenvalue weighted by Crippen LogP contribution is 2.45. The van der Waals surface area contributed by atoms with Gasteiger partial charge in [0.05, 0.1) is 6.04 Å². The van der Waals surface area contributed by atoms with Gasteiger partial charge in [0.15, 0.2) is 5.82 Å².